The molecule has 24 heteroatoms. The predicted octanol–water partition coefficient (Wildman–Crippen LogP) is -0.0592. The van der Waals surface area contributed by atoms with Crippen molar-refractivity contribution in [2.45, 2.75) is 34.4 Å². The largest absolute Gasteiger partial charge is 0.514 e. The first-order valence-electron chi connectivity index (χ1n) is 8.98. The van der Waals surface area contributed by atoms with Crippen molar-refractivity contribution in [3.05, 3.63) is 0 Å². The molecule has 2 heterocycles. The Morgan fingerprint density at radius 1 is 0.806 bits per heavy atom. The molecule has 0 aromatic heterocycles. The fraction of sp³-hybridized carbons (Fsp3) is 0.917. The zero-order valence-corrected chi connectivity index (χ0v) is 19.5. The van der Waals surface area contributed by atoms with Gasteiger partial charge in [-0.05, 0) is 0 Å². The quantitative estimate of drug-likeness (QED) is 0.224. The van der Waals surface area contributed by atoms with Crippen molar-refractivity contribution in [1.82, 2.24) is 13.1 Å². The van der Waals surface area contributed by atoms with Gasteiger partial charge in [-0.25, -0.2) is 16.8 Å². The number of carbonyl (C=O) groups is 1. The molecule has 12 nitrogen and oxygen atoms in total. The second-order valence-electron chi connectivity index (χ2n) is 7.15. The number of cyclic esters (lactones) is 1. The number of halogens is 9. The molecule has 2 aliphatic heterocycles. The van der Waals surface area contributed by atoms with Crippen LogP contribution in [0, 0.1) is 0 Å². The summed E-state index contributed by atoms with van der Waals surface area (Å²) in [7, 11) is -22.9. The van der Waals surface area contributed by atoms with E-state index in [0.29, 0.717) is 0 Å². The first-order chi connectivity index (χ1) is 15.9. The molecule has 1 N–H and O–H groups in total. The van der Waals surface area contributed by atoms with E-state index in [0.717, 1.165) is 0 Å². The van der Waals surface area contributed by atoms with Gasteiger partial charge in [0.05, 0.1) is 6.61 Å². The summed E-state index contributed by atoms with van der Waals surface area (Å²) >= 11 is 0. The number of piperazine rings is 1. The molecule has 0 aromatic carbocycles. The van der Waals surface area contributed by atoms with Gasteiger partial charge in [-0.1, -0.05) is 0 Å². The lowest BCUT2D eigenvalue weighted by atomic mass is 10.2. The van der Waals surface area contributed by atoms with Crippen LogP contribution in [0.4, 0.5) is 39.5 Å². The number of hydrogen-bond acceptors (Lipinski definition) is 10. The molecule has 2 fully saturated rings. The van der Waals surface area contributed by atoms with Crippen LogP contribution >= 0.6 is 0 Å². The molecule has 0 radical (unpaired) electrons. The number of nitrogens with zero attached hydrogens (tertiary/aromatic N) is 3. The summed E-state index contributed by atoms with van der Waals surface area (Å²) in [5.41, 5.74) is -6.89. The number of esters is 1. The second kappa shape index (κ2) is 9.07. The van der Waals surface area contributed by atoms with Gasteiger partial charge in [-0.2, -0.15) is 52.2 Å². The topological polar surface area (TPSA) is 159 Å². The van der Waals surface area contributed by atoms with Crippen LogP contribution in [0.3, 0.4) is 0 Å². The van der Waals surface area contributed by atoms with E-state index >= 15 is 0 Å². The van der Waals surface area contributed by atoms with Gasteiger partial charge in [0.25, 0.3) is 10.0 Å². The fourth-order valence-electron chi connectivity index (χ4n) is 3.04. The van der Waals surface area contributed by atoms with Crippen molar-refractivity contribution in [2.75, 3.05) is 32.8 Å². The Morgan fingerprint density at radius 3 is 1.67 bits per heavy atom. The first-order valence-corrected chi connectivity index (χ1v) is 13.3. The average molecular weight is 611 g/mol. The van der Waals surface area contributed by atoms with Crippen molar-refractivity contribution in [3.63, 3.8) is 0 Å². The highest BCUT2D eigenvalue weighted by Gasteiger charge is 2.84. The van der Waals surface area contributed by atoms with Gasteiger partial charge in [0.1, 0.15) is 6.04 Å². The third-order valence-electron chi connectivity index (χ3n) is 5.04. The van der Waals surface area contributed by atoms with Crippen molar-refractivity contribution in [3.8, 4) is 0 Å². The number of carbonyl (C=O) groups excluding carboxylic acids is 1. The molecule has 0 saturated carbocycles. The SMILES string of the molecule is O=C1OCCC1N1CCN(S(=O)(=O)C(F)(F)C(F)(F)C(F)(F)S(=O)(=O)N(O)S(=O)(=O)C(F)(F)F)CC1. The first kappa shape index (κ1) is 30.8. The molecule has 2 rings (SSSR count). The maximum absolute atomic E-state index is 14.4. The zero-order chi connectivity index (χ0) is 28.3. The molecule has 0 aliphatic carbocycles. The summed E-state index contributed by atoms with van der Waals surface area (Å²) < 4.78 is 192. The Labute approximate surface area is 196 Å². The molecule has 0 bridgehead atoms. The monoisotopic (exact) mass is 611 g/mol. The maximum atomic E-state index is 14.4. The molecule has 0 aromatic rings. The van der Waals surface area contributed by atoms with Crippen molar-refractivity contribution < 1.29 is 79.5 Å². The van der Waals surface area contributed by atoms with E-state index in [2.05, 4.69) is 4.74 Å². The summed E-state index contributed by atoms with van der Waals surface area (Å²) in [6.45, 7) is -3.41. The van der Waals surface area contributed by atoms with Crippen LogP contribution in [0.2, 0.25) is 0 Å². The van der Waals surface area contributed by atoms with E-state index in [1.807, 2.05) is 0 Å². The molecule has 2 aliphatic rings. The Hall–Kier alpha value is -1.47. The second-order valence-corrected chi connectivity index (χ2v) is 12.9. The van der Waals surface area contributed by atoms with Crippen molar-refractivity contribution in [1.29, 1.82) is 0 Å². The van der Waals surface area contributed by atoms with E-state index in [4.69, 9.17) is 5.21 Å². The lowest BCUT2D eigenvalue weighted by Crippen LogP contribution is -2.66. The highest BCUT2D eigenvalue weighted by atomic mass is 32.3. The molecule has 0 spiro atoms. The Morgan fingerprint density at radius 2 is 1.28 bits per heavy atom. The number of rotatable bonds is 8. The van der Waals surface area contributed by atoms with Gasteiger partial charge in [-0.3, -0.25) is 14.9 Å². The summed E-state index contributed by atoms with van der Waals surface area (Å²) in [6, 6.07) is -0.947. The molecule has 1 atom stereocenters. The van der Waals surface area contributed by atoms with Gasteiger partial charge >= 0.3 is 48.0 Å². The van der Waals surface area contributed by atoms with Gasteiger partial charge in [0.15, 0.2) is 0 Å². The Bertz CT molecular complexity index is 1200. The van der Waals surface area contributed by atoms with Crippen LogP contribution < -0.4 is 0 Å². The van der Waals surface area contributed by atoms with Gasteiger partial charge < -0.3 is 4.74 Å². The average Bonchev–Trinajstić information content (AvgIpc) is 3.17. The number of hydrogen-bond donors (Lipinski definition) is 1. The number of alkyl halides is 9. The number of sulfonamides is 3. The summed E-state index contributed by atoms with van der Waals surface area (Å²) in [5.74, 6) is -8.40. The smallest absolute Gasteiger partial charge is 0.464 e. The molecule has 36 heavy (non-hydrogen) atoms. The normalized spacial score (nSPS) is 22.8. The minimum Gasteiger partial charge on any atom is -0.464 e. The Balaban J connectivity index is 2.39. The van der Waals surface area contributed by atoms with Crippen LogP contribution in [-0.2, 0) is 39.6 Å². The Kier molecular flexibility index (Phi) is 7.75. The van der Waals surface area contributed by atoms with E-state index < -0.39 is 98.4 Å². The predicted molar refractivity (Wildman–Crippen MR) is 93.8 cm³/mol. The van der Waals surface area contributed by atoms with E-state index in [1.54, 1.807) is 0 Å². The fourth-order valence-corrected chi connectivity index (χ4v) is 6.92. The lowest BCUT2D eigenvalue weighted by Gasteiger charge is -2.39. The third kappa shape index (κ3) is 4.42. The highest BCUT2D eigenvalue weighted by molar-refractivity contribution is 8.04. The molecule has 1 unspecified atom stereocenters. The van der Waals surface area contributed by atoms with Crippen LogP contribution in [0.5, 0.6) is 0 Å². The molecular formula is C12H14F9N3O9S3. The molecule has 212 valence electrons. The summed E-state index contributed by atoms with van der Waals surface area (Å²) in [6.07, 6.45) is 0.0996. The minimum atomic E-state index is -8.26. The van der Waals surface area contributed by atoms with Crippen LogP contribution in [0.1, 0.15) is 6.42 Å². The van der Waals surface area contributed by atoms with Gasteiger partial charge in [-0.15, -0.1) is 0 Å². The minimum absolute atomic E-state index is 0.0399. The molecule has 2 saturated heterocycles. The van der Waals surface area contributed by atoms with E-state index in [-0.39, 0.29) is 13.0 Å². The van der Waals surface area contributed by atoms with Crippen molar-refractivity contribution >= 4 is 36.0 Å². The zero-order valence-electron chi connectivity index (χ0n) is 17.0. The lowest BCUT2D eigenvalue weighted by molar-refractivity contribution is -0.247. The molecular weight excluding hydrogens is 597 g/mol. The highest BCUT2D eigenvalue weighted by Crippen LogP contribution is 2.52. The summed E-state index contributed by atoms with van der Waals surface area (Å²) in [5, 5.41) is -6.01. The van der Waals surface area contributed by atoms with Crippen molar-refractivity contribution in [2.24, 2.45) is 0 Å². The number of ether oxygens (including phenoxy) is 1. The van der Waals surface area contributed by atoms with E-state index in [9.17, 15) is 69.6 Å². The van der Waals surface area contributed by atoms with Gasteiger partial charge in [0.2, 0.25) is 0 Å². The van der Waals surface area contributed by atoms with Crippen LogP contribution in [0.25, 0.3) is 0 Å². The standard InChI is InChI=1S/C12H14F9N3O9S3/c13-9(14,11(17,18)35(29,30)24(26)36(31,32)12(19,20)21)10(15,16)34(27,28)23-4-2-22(3-5-23)7-1-6-33-8(7)25/h7,26H,1-6H2. The molecule has 0 amide bonds. The maximum Gasteiger partial charge on any atom is 0.514 e. The van der Waals surface area contributed by atoms with E-state index in [1.165, 1.54) is 4.90 Å². The van der Waals surface area contributed by atoms with Gasteiger partial charge in [0, 0.05) is 36.5 Å². The third-order valence-corrected chi connectivity index (χ3v) is 10.5. The summed E-state index contributed by atoms with van der Waals surface area (Å²) in [4.78, 5) is 12.7. The van der Waals surface area contributed by atoms with Crippen LogP contribution in [0.15, 0.2) is 0 Å². The van der Waals surface area contributed by atoms with Crippen LogP contribution in [-0.4, -0.2) is 110 Å².